The number of hydrogen-bond acceptors (Lipinski definition) is 5. The molecule has 2 aromatic rings. The molecule has 2 aromatic carbocycles. The lowest BCUT2D eigenvalue weighted by atomic mass is 9.77. The lowest BCUT2D eigenvalue weighted by molar-refractivity contribution is 0.0351. The lowest BCUT2D eigenvalue weighted by Crippen LogP contribution is -2.42. The van der Waals surface area contributed by atoms with Crippen molar-refractivity contribution in [1.29, 1.82) is 0 Å². The van der Waals surface area contributed by atoms with E-state index in [0.29, 0.717) is 18.6 Å². The number of likely N-dealkylation sites (tertiary alicyclic amines) is 1. The molecule has 0 aromatic heterocycles. The first-order chi connectivity index (χ1) is 15.7. The van der Waals surface area contributed by atoms with Gasteiger partial charge in [-0.3, -0.25) is 4.90 Å². The minimum Gasteiger partial charge on any atom is -0.454 e. The highest BCUT2D eigenvalue weighted by Gasteiger charge is 2.31. The molecule has 188 valence electrons. The van der Waals surface area contributed by atoms with Gasteiger partial charge in [0.05, 0.1) is 13.2 Å². The molecule has 3 aliphatic heterocycles. The quantitative estimate of drug-likeness (QED) is 0.533. The molecule has 3 heterocycles. The number of ether oxygens (including phenoxy) is 3. The van der Waals surface area contributed by atoms with Crippen molar-refractivity contribution >= 4 is 24.8 Å². The molecule has 0 aliphatic carbocycles. The van der Waals surface area contributed by atoms with Crippen molar-refractivity contribution in [3.05, 3.63) is 59.4 Å². The first-order valence-electron chi connectivity index (χ1n) is 11.9. The molecule has 2 fully saturated rings. The van der Waals surface area contributed by atoms with E-state index in [1.165, 1.54) is 17.5 Å². The summed E-state index contributed by atoms with van der Waals surface area (Å²) in [5.41, 5.74) is 2.53. The summed E-state index contributed by atoms with van der Waals surface area (Å²) in [6.45, 7) is 8.58. The van der Waals surface area contributed by atoms with Crippen LogP contribution in [0.2, 0.25) is 0 Å². The van der Waals surface area contributed by atoms with E-state index in [2.05, 4.69) is 21.9 Å². The van der Waals surface area contributed by atoms with Crippen LogP contribution in [-0.4, -0.2) is 69.1 Å². The molecule has 8 heteroatoms. The van der Waals surface area contributed by atoms with E-state index in [1.54, 1.807) is 12.1 Å². The van der Waals surface area contributed by atoms with Crippen molar-refractivity contribution < 1.29 is 18.6 Å². The first-order valence-corrected chi connectivity index (χ1v) is 11.9. The van der Waals surface area contributed by atoms with Crippen LogP contribution in [0.1, 0.15) is 29.9 Å². The van der Waals surface area contributed by atoms with E-state index in [4.69, 9.17) is 14.2 Å². The van der Waals surface area contributed by atoms with Crippen LogP contribution in [0, 0.1) is 11.7 Å². The Labute approximate surface area is 214 Å². The summed E-state index contributed by atoms with van der Waals surface area (Å²) < 4.78 is 30.1. The average Bonchev–Trinajstić information content (AvgIpc) is 3.29. The zero-order chi connectivity index (χ0) is 21.8. The molecule has 0 saturated carbocycles. The van der Waals surface area contributed by atoms with Gasteiger partial charge in [-0.2, -0.15) is 0 Å². The first kappa shape index (κ1) is 27.0. The van der Waals surface area contributed by atoms with Gasteiger partial charge in [-0.25, -0.2) is 4.39 Å². The van der Waals surface area contributed by atoms with Crippen molar-refractivity contribution in [2.24, 2.45) is 5.92 Å². The van der Waals surface area contributed by atoms with Crippen LogP contribution >= 0.6 is 24.8 Å². The number of hydrogen-bond donors (Lipinski definition) is 0. The van der Waals surface area contributed by atoms with Crippen LogP contribution < -0.4 is 9.47 Å². The van der Waals surface area contributed by atoms with Crippen LogP contribution in [0.5, 0.6) is 11.5 Å². The second-order valence-electron chi connectivity index (χ2n) is 9.21. The zero-order valence-electron chi connectivity index (χ0n) is 19.5. The van der Waals surface area contributed by atoms with Gasteiger partial charge >= 0.3 is 0 Å². The van der Waals surface area contributed by atoms with Crippen LogP contribution in [0.25, 0.3) is 0 Å². The minimum atomic E-state index is -0.165. The molecule has 0 spiro atoms. The maximum absolute atomic E-state index is 13.5. The number of benzene rings is 2. The summed E-state index contributed by atoms with van der Waals surface area (Å²) in [5.74, 6) is 2.44. The third-order valence-corrected chi connectivity index (χ3v) is 7.10. The van der Waals surface area contributed by atoms with Crippen molar-refractivity contribution in [2.45, 2.75) is 25.2 Å². The summed E-state index contributed by atoms with van der Waals surface area (Å²) in [4.78, 5) is 5.14. The van der Waals surface area contributed by atoms with Gasteiger partial charge < -0.3 is 19.1 Å². The highest BCUT2D eigenvalue weighted by Crippen LogP contribution is 2.38. The summed E-state index contributed by atoms with van der Waals surface area (Å²) in [6, 6.07) is 13.5. The molecule has 2 atom stereocenters. The SMILES string of the molecule is Cl.Cl.Fc1ccc([C@@H]2CCN(CCCN3CCOCC3)C[C@H]2Cc2ccc3c(c2)OCO3)cc1. The molecule has 5 rings (SSSR count). The molecule has 0 N–H and O–H groups in total. The number of rotatable bonds is 7. The summed E-state index contributed by atoms with van der Waals surface area (Å²) in [7, 11) is 0. The fourth-order valence-corrected chi connectivity index (χ4v) is 5.38. The molecule has 0 radical (unpaired) electrons. The third-order valence-electron chi connectivity index (χ3n) is 7.10. The predicted molar refractivity (Wildman–Crippen MR) is 136 cm³/mol. The van der Waals surface area contributed by atoms with E-state index < -0.39 is 0 Å². The van der Waals surface area contributed by atoms with E-state index in [1.807, 2.05) is 18.2 Å². The standard InChI is InChI=1S/C26H33FN2O3.2ClH/c27-23-5-3-21(4-6-23)24-8-11-29(10-1-9-28-12-14-30-15-13-28)18-22(24)16-20-2-7-25-26(17-20)32-19-31-25;;/h2-7,17,22,24H,1,8-16,18-19H2;2*1H/t22-,24+;;/m1../s1. The van der Waals surface area contributed by atoms with Gasteiger partial charge in [0.15, 0.2) is 11.5 Å². The Morgan fingerprint density at radius 3 is 2.38 bits per heavy atom. The largest absolute Gasteiger partial charge is 0.454 e. The van der Waals surface area contributed by atoms with Crippen molar-refractivity contribution in [1.82, 2.24) is 9.80 Å². The Morgan fingerprint density at radius 2 is 1.59 bits per heavy atom. The number of nitrogens with zero attached hydrogens (tertiary/aromatic N) is 2. The van der Waals surface area contributed by atoms with Gasteiger partial charge in [0.1, 0.15) is 5.82 Å². The molecule has 34 heavy (non-hydrogen) atoms. The Balaban J connectivity index is 0.00000162. The molecule has 2 saturated heterocycles. The molecule has 5 nitrogen and oxygen atoms in total. The number of piperidine rings is 1. The Morgan fingerprint density at radius 1 is 0.853 bits per heavy atom. The normalized spacial score (nSPS) is 22.6. The number of fused-ring (bicyclic) bond motifs is 1. The van der Waals surface area contributed by atoms with Crippen molar-refractivity contribution in [3.8, 4) is 11.5 Å². The maximum atomic E-state index is 13.5. The average molecular weight is 513 g/mol. The Bertz CT molecular complexity index is 896. The van der Waals surface area contributed by atoms with Gasteiger partial charge in [0, 0.05) is 19.6 Å². The van der Waals surface area contributed by atoms with Gasteiger partial charge in [-0.05, 0) is 86.1 Å². The summed E-state index contributed by atoms with van der Waals surface area (Å²) >= 11 is 0. The van der Waals surface area contributed by atoms with Crippen LogP contribution in [0.3, 0.4) is 0 Å². The Kier molecular flexibility index (Phi) is 10.3. The van der Waals surface area contributed by atoms with E-state index in [9.17, 15) is 4.39 Å². The Hall–Kier alpha value is -1.57. The highest BCUT2D eigenvalue weighted by atomic mass is 35.5. The second-order valence-corrected chi connectivity index (χ2v) is 9.21. The summed E-state index contributed by atoms with van der Waals surface area (Å²) in [5, 5.41) is 0. The van der Waals surface area contributed by atoms with Crippen LogP contribution in [0.15, 0.2) is 42.5 Å². The van der Waals surface area contributed by atoms with E-state index >= 15 is 0 Å². The number of morpholine rings is 1. The molecule has 0 bridgehead atoms. The lowest BCUT2D eigenvalue weighted by Gasteiger charge is -2.39. The molecule has 0 unspecified atom stereocenters. The van der Waals surface area contributed by atoms with Gasteiger partial charge in [0.2, 0.25) is 6.79 Å². The smallest absolute Gasteiger partial charge is 0.231 e. The number of halogens is 3. The minimum absolute atomic E-state index is 0. The van der Waals surface area contributed by atoms with Crippen molar-refractivity contribution in [2.75, 3.05) is 59.3 Å². The second kappa shape index (κ2) is 12.9. The summed E-state index contributed by atoms with van der Waals surface area (Å²) in [6.07, 6.45) is 3.29. The third kappa shape index (κ3) is 6.76. The van der Waals surface area contributed by atoms with E-state index in [-0.39, 0.29) is 30.6 Å². The fourth-order valence-electron chi connectivity index (χ4n) is 5.38. The zero-order valence-corrected chi connectivity index (χ0v) is 21.1. The van der Waals surface area contributed by atoms with Crippen LogP contribution in [-0.2, 0) is 11.2 Å². The maximum Gasteiger partial charge on any atom is 0.231 e. The molecule has 0 amide bonds. The van der Waals surface area contributed by atoms with Gasteiger partial charge in [-0.15, -0.1) is 24.8 Å². The molecular weight excluding hydrogens is 478 g/mol. The topological polar surface area (TPSA) is 34.2 Å². The fraction of sp³-hybridized carbons (Fsp3) is 0.538. The van der Waals surface area contributed by atoms with Crippen LogP contribution in [0.4, 0.5) is 4.39 Å². The van der Waals surface area contributed by atoms with Crippen molar-refractivity contribution in [3.63, 3.8) is 0 Å². The molecule has 3 aliphatic rings. The monoisotopic (exact) mass is 512 g/mol. The van der Waals surface area contributed by atoms with E-state index in [0.717, 1.165) is 76.8 Å². The highest BCUT2D eigenvalue weighted by molar-refractivity contribution is 5.85. The van der Waals surface area contributed by atoms with Gasteiger partial charge in [0.25, 0.3) is 0 Å². The van der Waals surface area contributed by atoms with Gasteiger partial charge in [-0.1, -0.05) is 18.2 Å². The molecular formula is C26H35Cl2FN2O3. The predicted octanol–water partition coefficient (Wildman–Crippen LogP) is 4.77.